The molecular formula is C23H23ClN2O3S. The van der Waals surface area contributed by atoms with Gasteiger partial charge in [-0.2, -0.15) is 0 Å². The van der Waals surface area contributed by atoms with Gasteiger partial charge in [-0.1, -0.05) is 42.6 Å². The highest BCUT2D eigenvalue weighted by molar-refractivity contribution is 8.18. The van der Waals surface area contributed by atoms with Crippen LogP contribution in [-0.4, -0.2) is 24.2 Å². The van der Waals surface area contributed by atoms with E-state index in [2.05, 4.69) is 10.3 Å². The third-order valence-corrected chi connectivity index (χ3v) is 6.24. The van der Waals surface area contributed by atoms with Crippen LogP contribution in [0.25, 0.3) is 6.08 Å². The third-order valence-electron chi connectivity index (χ3n) is 5.07. The molecule has 156 valence electrons. The van der Waals surface area contributed by atoms with Crippen molar-refractivity contribution >= 4 is 40.5 Å². The monoisotopic (exact) mass is 442 g/mol. The molecule has 2 aromatic carbocycles. The number of nitrogens with one attached hydrogen (secondary N) is 1. The van der Waals surface area contributed by atoms with Crippen LogP contribution in [0.3, 0.4) is 0 Å². The number of benzene rings is 2. The predicted octanol–water partition coefficient (Wildman–Crippen LogP) is 5.43. The lowest BCUT2D eigenvalue weighted by molar-refractivity contribution is -0.115. The molecule has 1 saturated carbocycles. The van der Waals surface area contributed by atoms with Gasteiger partial charge in [0.05, 0.1) is 18.1 Å². The Kier molecular flexibility index (Phi) is 6.65. The fourth-order valence-corrected chi connectivity index (χ4v) is 4.49. The summed E-state index contributed by atoms with van der Waals surface area (Å²) >= 11 is 7.32. The van der Waals surface area contributed by atoms with Crippen molar-refractivity contribution < 1.29 is 14.3 Å². The molecule has 7 heteroatoms. The number of hydrogen-bond donors (Lipinski definition) is 1. The molecule has 4 rings (SSSR count). The first kappa shape index (κ1) is 20.8. The lowest BCUT2D eigenvalue weighted by Crippen LogP contribution is -2.21. The zero-order valence-corrected chi connectivity index (χ0v) is 18.3. The predicted molar refractivity (Wildman–Crippen MR) is 122 cm³/mol. The molecule has 2 aromatic rings. The summed E-state index contributed by atoms with van der Waals surface area (Å²) in [5, 5.41) is 4.27. The lowest BCUT2D eigenvalue weighted by atomic mass is 10.2. The number of amidine groups is 1. The number of nitrogens with zero attached hydrogens (tertiary/aromatic N) is 1. The van der Waals surface area contributed by atoms with Gasteiger partial charge in [-0.15, -0.1) is 0 Å². The topological polar surface area (TPSA) is 59.9 Å². The number of hydrogen-bond acceptors (Lipinski definition) is 5. The van der Waals surface area contributed by atoms with Gasteiger partial charge in [-0.3, -0.25) is 9.79 Å². The molecule has 0 radical (unpaired) electrons. The lowest BCUT2D eigenvalue weighted by Gasteiger charge is -2.11. The zero-order valence-electron chi connectivity index (χ0n) is 16.7. The molecule has 1 saturated heterocycles. The Bertz CT molecular complexity index is 982. The largest absolute Gasteiger partial charge is 0.493 e. The summed E-state index contributed by atoms with van der Waals surface area (Å²) in [4.78, 5) is 17.6. The van der Waals surface area contributed by atoms with Crippen LogP contribution in [0.1, 0.15) is 36.8 Å². The first-order valence-electron chi connectivity index (χ1n) is 9.95. The first-order chi connectivity index (χ1) is 14.6. The van der Waals surface area contributed by atoms with E-state index in [9.17, 15) is 4.79 Å². The zero-order chi connectivity index (χ0) is 20.9. The molecule has 2 aliphatic rings. The maximum absolute atomic E-state index is 12.3. The van der Waals surface area contributed by atoms with E-state index in [1.54, 1.807) is 7.11 Å². The summed E-state index contributed by atoms with van der Waals surface area (Å²) in [5.41, 5.74) is 1.88. The number of carbonyl (C=O) groups excluding carboxylic acids is 1. The van der Waals surface area contributed by atoms with Crippen LogP contribution in [0.5, 0.6) is 11.5 Å². The van der Waals surface area contributed by atoms with Gasteiger partial charge in [-0.05, 0) is 66.1 Å². The maximum Gasteiger partial charge on any atom is 0.264 e. The second-order valence-electron chi connectivity index (χ2n) is 7.26. The smallest absolute Gasteiger partial charge is 0.264 e. The van der Waals surface area contributed by atoms with E-state index in [1.807, 2.05) is 48.5 Å². The van der Waals surface area contributed by atoms with E-state index in [4.69, 9.17) is 21.1 Å². The molecule has 1 N–H and O–H groups in total. The minimum absolute atomic E-state index is 0.112. The summed E-state index contributed by atoms with van der Waals surface area (Å²) in [6.45, 7) is 0.410. The van der Waals surface area contributed by atoms with Crippen molar-refractivity contribution in [2.75, 3.05) is 7.11 Å². The molecule has 2 fully saturated rings. The molecule has 5 nitrogen and oxygen atoms in total. The Morgan fingerprint density at radius 3 is 2.67 bits per heavy atom. The minimum Gasteiger partial charge on any atom is -0.493 e. The fourth-order valence-electron chi connectivity index (χ4n) is 3.47. The molecule has 1 amide bonds. The van der Waals surface area contributed by atoms with Gasteiger partial charge in [0.2, 0.25) is 0 Å². The van der Waals surface area contributed by atoms with Gasteiger partial charge in [-0.25, -0.2) is 0 Å². The van der Waals surface area contributed by atoms with Gasteiger partial charge in [0.1, 0.15) is 6.61 Å². The van der Waals surface area contributed by atoms with Crippen LogP contribution in [0.15, 0.2) is 52.4 Å². The highest BCUT2D eigenvalue weighted by Crippen LogP contribution is 2.33. The van der Waals surface area contributed by atoms with Crippen molar-refractivity contribution in [3.63, 3.8) is 0 Å². The Morgan fingerprint density at radius 2 is 1.93 bits per heavy atom. The van der Waals surface area contributed by atoms with Crippen LogP contribution in [0.4, 0.5) is 0 Å². The van der Waals surface area contributed by atoms with Crippen molar-refractivity contribution in [3.05, 3.63) is 63.5 Å². The Morgan fingerprint density at radius 1 is 1.17 bits per heavy atom. The second kappa shape index (κ2) is 9.58. The van der Waals surface area contributed by atoms with Crippen LogP contribution < -0.4 is 14.8 Å². The van der Waals surface area contributed by atoms with Crippen LogP contribution in [0, 0.1) is 0 Å². The van der Waals surface area contributed by atoms with Gasteiger partial charge in [0, 0.05) is 5.02 Å². The first-order valence-corrected chi connectivity index (χ1v) is 11.1. The minimum atomic E-state index is -0.112. The molecule has 0 spiro atoms. The van der Waals surface area contributed by atoms with Gasteiger partial charge >= 0.3 is 0 Å². The van der Waals surface area contributed by atoms with Crippen molar-refractivity contribution in [3.8, 4) is 11.5 Å². The van der Waals surface area contributed by atoms with Crippen LogP contribution >= 0.6 is 23.4 Å². The van der Waals surface area contributed by atoms with Crippen LogP contribution in [0.2, 0.25) is 5.02 Å². The summed E-state index contributed by atoms with van der Waals surface area (Å²) in [6.07, 6.45) is 6.49. The standard InChI is InChI=1S/C23H23ClN2O3S/c1-28-20-12-16(8-11-19(20)29-14-15-6-9-17(24)10-7-15)13-21-22(27)26-23(30-21)25-18-4-2-3-5-18/h6-13,18H,2-5,14H2,1H3,(H,25,26,27)/b21-13-. The Labute approximate surface area is 185 Å². The summed E-state index contributed by atoms with van der Waals surface area (Å²) in [7, 11) is 1.60. The second-order valence-corrected chi connectivity index (χ2v) is 8.73. The number of amides is 1. The van der Waals surface area contributed by atoms with E-state index in [0.717, 1.165) is 24.0 Å². The van der Waals surface area contributed by atoms with E-state index >= 15 is 0 Å². The fraction of sp³-hybridized carbons (Fsp3) is 0.304. The third kappa shape index (κ3) is 5.18. The van der Waals surface area contributed by atoms with Crippen LogP contribution in [-0.2, 0) is 11.4 Å². The number of halogens is 1. The molecule has 0 aromatic heterocycles. The molecule has 1 heterocycles. The highest BCUT2D eigenvalue weighted by Gasteiger charge is 2.25. The SMILES string of the molecule is COc1cc(/C=C2\SC(=NC3CCCC3)NC2=O)ccc1OCc1ccc(Cl)cc1. The summed E-state index contributed by atoms with van der Waals surface area (Å²) < 4.78 is 11.4. The van der Waals surface area contributed by atoms with E-state index < -0.39 is 0 Å². The molecular weight excluding hydrogens is 420 g/mol. The summed E-state index contributed by atoms with van der Waals surface area (Å²) in [5.74, 6) is 1.14. The number of carbonyl (C=O) groups is 1. The molecule has 1 aliphatic heterocycles. The molecule has 0 unspecified atom stereocenters. The van der Waals surface area contributed by atoms with Crippen molar-refractivity contribution in [2.45, 2.75) is 38.3 Å². The number of ether oxygens (including phenoxy) is 2. The normalized spacial score (nSPS) is 19.5. The van der Waals surface area contributed by atoms with Gasteiger partial charge in [0.25, 0.3) is 5.91 Å². The van der Waals surface area contributed by atoms with E-state index in [1.165, 1.54) is 24.6 Å². The van der Waals surface area contributed by atoms with Crippen molar-refractivity contribution in [1.29, 1.82) is 0 Å². The van der Waals surface area contributed by atoms with Gasteiger partial charge in [0.15, 0.2) is 16.7 Å². The van der Waals surface area contributed by atoms with Gasteiger partial charge < -0.3 is 14.8 Å². The van der Waals surface area contributed by atoms with E-state index in [-0.39, 0.29) is 5.91 Å². The highest BCUT2D eigenvalue weighted by atomic mass is 35.5. The van der Waals surface area contributed by atoms with Crippen molar-refractivity contribution in [1.82, 2.24) is 5.32 Å². The molecule has 0 bridgehead atoms. The number of thioether (sulfide) groups is 1. The number of aliphatic imine (C=N–C) groups is 1. The average molecular weight is 443 g/mol. The average Bonchev–Trinajstić information content (AvgIpc) is 3.38. The summed E-state index contributed by atoms with van der Waals surface area (Å²) in [6, 6.07) is 13.5. The maximum atomic E-state index is 12.3. The van der Waals surface area contributed by atoms with E-state index in [0.29, 0.717) is 39.2 Å². The molecule has 1 aliphatic carbocycles. The quantitative estimate of drug-likeness (QED) is 0.606. The Balaban J connectivity index is 1.45. The Hall–Kier alpha value is -2.44. The van der Waals surface area contributed by atoms with Crippen molar-refractivity contribution in [2.24, 2.45) is 4.99 Å². The molecule has 30 heavy (non-hydrogen) atoms. The number of rotatable bonds is 6. The molecule has 0 atom stereocenters. The number of methoxy groups -OCH3 is 1.